The topological polar surface area (TPSA) is 69.9 Å². The molecule has 0 atom stereocenters. The van der Waals surface area contributed by atoms with Crippen LogP contribution in [0.1, 0.15) is 37.4 Å². The van der Waals surface area contributed by atoms with Gasteiger partial charge in [0, 0.05) is 24.0 Å². The molecule has 0 spiro atoms. The molecular weight excluding hydrogens is 244 g/mol. The molecule has 0 fully saturated rings. The summed E-state index contributed by atoms with van der Waals surface area (Å²) in [5.74, 6) is 0.410. The highest BCUT2D eigenvalue weighted by atomic mass is 16.5. The summed E-state index contributed by atoms with van der Waals surface area (Å²) in [6.07, 6.45) is 3.36. The number of nitrogens with zero attached hydrogens (tertiary/aromatic N) is 4. The maximum absolute atomic E-state index is 11.9. The van der Waals surface area contributed by atoms with E-state index in [1.165, 1.54) is 0 Å². The van der Waals surface area contributed by atoms with Crippen LogP contribution in [0.25, 0.3) is 11.4 Å². The van der Waals surface area contributed by atoms with E-state index in [9.17, 15) is 4.79 Å². The summed E-state index contributed by atoms with van der Waals surface area (Å²) in [7, 11) is 0. The SMILES string of the molecule is CCOC(=O)c1nnc(-c2ccncc2)n1C(C)C. The largest absolute Gasteiger partial charge is 0.460 e. The summed E-state index contributed by atoms with van der Waals surface area (Å²) < 4.78 is 6.76. The lowest BCUT2D eigenvalue weighted by atomic mass is 10.2. The number of carbonyl (C=O) groups is 1. The van der Waals surface area contributed by atoms with Crippen LogP contribution in [0.5, 0.6) is 0 Å². The van der Waals surface area contributed by atoms with Crippen molar-refractivity contribution in [2.24, 2.45) is 0 Å². The third-order valence-corrected chi connectivity index (χ3v) is 2.61. The molecule has 0 aliphatic carbocycles. The van der Waals surface area contributed by atoms with Gasteiger partial charge in [-0.25, -0.2) is 4.79 Å². The number of pyridine rings is 1. The molecule has 2 rings (SSSR count). The highest BCUT2D eigenvalue weighted by Crippen LogP contribution is 2.22. The Bertz CT molecular complexity index is 563. The van der Waals surface area contributed by atoms with Crippen LogP contribution >= 0.6 is 0 Å². The Morgan fingerprint density at radius 3 is 2.58 bits per heavy atom. The molecule has 0 radical (unpaired) electrons. The predicted molar refractivity (Wildman–Crippen MR) is 69.6 cm³/mol. The second-order valence-corrected chi connectivity index (χ2v) is 4.27. The highest BCUT2D eigenvalue weighted by Gasteiger charge is 2.22. The van der Waals surface area contributed by atoms with Crippen molar-refractivity contribution >= 4 is 5.97 Å². The molecule has 2 aromatic rings. The molecular formula is C13H16N4O2. The highest BCUT2D eigenvalue weighted by molar-refractivity contribution is 5.86. The maximum Gasteiger partial charge on any atom is 0.376 e. The Morgan fingerprint density at radius 2 is 2.00 bits per heavy atom. The molecule has 0 amide bonds. The molecule has 2 heterocycles. The maximum atomic E-state index is 11.9. The summed E-state index contributed by atoms with van der Waals surface area (Å²) in [5.41, 5.74) is 0.867. The molecule has 0 bridgehead atoms. The second kappa shape index (κ2) is 5.60. The number of ether oxygens (including phenoxy) is 1. The van der Waals surface area contributed by atoms with Gasteiger partial charge in [0.25, 0.3) is 0 Å². The van der Waals surface area contributed by atoms with Crippen molar-refractivity contribution in [1.82, 2.24) is 19.7 Å². The molecule has 0 aliphatic rings. The van der Waals surface area contributed by atoms with Gasteiger partial charge in [-0.3, -0.25) is 9.55 Å². The summed E-state index contributed by atoms with van der Waals surface area (Å²) in [5, 5.41) is 8.05. The molecule has 0 saturated heterocycles. The molecule has 0 saturated carbocycles. The van der Waals surface area contributed by atoms with Crippen LogP contribution in [0.15, 0.2) is 24.5 Å². The van der Waals surface area contributed by atoms with Gasteiger partial charge in [0.15, 0.2) is 5.82 Å². The first kappa shape index (κ1) is 13.2. The fourth-order valence-corrected chi connectivity index (χ4v) is 1.81. The van der Waals surface area contributed by atoms with Gasteiger partial charge in [0.1, 0.15) is 0 Å². The molecule has 19 heavy (non-hydrogen) atoms. The van der Waals surface area contributed by atoms with Crippen molar-refractivity contribution in [3.8, 4) is 11.4 Å². The third-order valence-electron chi connectivity index (χ3n) is 2.61. The minimum absolute atomic E-state index is 0.0533. The van der Waals surface area contributed by atoms with Gasteiger partial charge in [-0.1, -0.05) is 0 Å². The monoisotopic (exact) mass is 260 g/mol. The normalized spacial score (nSPS) is 10.7. The first-order valence-corrected chi connectivity index (χ1v) is 6.17. The van der Waals surface area contributed by atoms with Gasteiger partial charge in [-0.2, -0.15) is 0 Å². The molecule has 0 aromatic carbocycles. The van der Waals surface area contributed by atoms with Crippen molar-refractivity contribution in [3.63, 3.8) is 0 Å². The lowest BCUT2D eigenvalue weighted by Crippen LogP contribution is -2.15. The Labute approximate surface area is 111 Å². The number of rotatable bonds is 4. The predicted octanol–water partition coefficient (Wildman–Crippen LogP) is 2.10. The van der Waals surface area contributed by atoms with Crippen molar-refractivity contribution in [1.29, 1.82) is 0 Å². The Hall–Kier alpha value is -2.24. The van der Waals surface area contributed by atoms with Crippen molar-refractivity contribution < 1.29 is 9.53 Å². The number of carbonyl (C=O) groups excluding carboxylic acids is 1. The molecule has 2 aromatic heterocycles. The minimum atomic E-state index is -0.455. The number of esters is 1. The van der Waals surface area contributed by atoms with E-state index >= 15 is 0 Å². The van der Waals surface area contributed by atoms with Gasteiger partial charge in [-0.05, 0) is 32.9 Å². The van der Waals surface area contributed by atoms with E-state index in [-0.39, 0.29) is 11.9 Å². The van der Waals surface area contributed by atoms with E-state index < -0.39 is 5.97 Å². The van der Waals surface area contributed by atoms with Crippen molar-refractivity contribution in [2.75, 3.05) is 6.61 Å². The smallest absolute Gasteiger partial charge is 0.376 e. The number of hydrogen-bond donors (Lipinski definition) is 0. The fraction of sp³-hybridized carbons (Fsp3) is 0.385. The second-order valence-electron chi connectivity index (χ2n) is 4.27. The van der Waals surface area contributed by atoms with E-state index in [0.717, 1.165) is 5.56 Å². The van der Waals surface area contributed by atoms with E-state index in [2.05, 4.69) is 15.2 Å². The fourth-order valence-electron chi connectivity index (χ4n) is 1.81. The lowest BCUT2D eigenvalue weighted by Gasteiger charge is -2.13. The Balaban J connectivity index is 2.49. The molecule has 100 valence electrons. The van der Waals surface area contributed by atoms with Gasteiger partial charge < -0.3 is 4.74 Å². The van der Waals surface area contributed by atoms with Crippen LogP contribution in [0, 0.1) is 0 Å². The molecule has 0 aliphatic heterocycles. The van der Waals surface area contributed by atoms with Crippen LogP contribution in [0.4, 0.5) is 0 Å². The number of aromatic nitrogens is 4. The first-order chi connectivity index (χ1) is 9.15. The molecule has 0 N–H and O–H groups in total. The van der Waals surface area contributed by atoms with Crippen molar-refractivity contribution in [2.45, 2.75) is 26.8 Å². The zero-order chi connectivity index (χ0) is 13.8. The van der Waals surface area contributed by atoms with E-state index in [1.54, 1.807) is 23.9 Å². The quantitative estimate of drug-likeness (QED) is 0.787. The van der Waals surface area contributed by atoms with Crippen molar-refractivity contribution in [3.05, 3.63) is 30.4 Å². The Kier molecular flexibility index (Phi) is 3.89. The zero-order valence-electron chi connectivity index (χ0n) is 11.2. The van der Waals surface area contributed by atoms with Gasteiger partial charge in [-0.15, -0.1) is 10.2 Å². The average molecular weight is 260 g/mol. The van der Waals surface area contributed by atoms with Crippen LogP contribution in [-0.4, -0.2) is 32.3 Å². The standard InChI is InChI=1S/C13H16N4O2/c1-4-19-13(18)12-16-15-11(17(12)9(2)3)10-5-7-14-8-6-10/h5-9H,4H2,1-3H3. The zero-order valence-corrected chi connectivity index (χ0v) is 11.2. The van der Waals surface area contributed by atoms with Crippen LogP contribution < -0.4 is 0 Å². The molecule has 6 nitrogen and oxygen atoms in total. The summed E-state index contributed by atoms with van der Waals surface area (Å²) in [4.78, 5) is 15.8. The summed E-state index contributed by atoms with van der Waals surface area (Å²) >= 11 is 0. The number of hydrogen-bond acceptors (Lipinski definition) is 5. The third kappa shape index (κ3) is 2.62. The average Bonchev–Trinajstić information content (AvgIpc) is 2.85. The van der Waals surface area contributed by atoms with Gasteiger partial charge in [0.2, 0.25) is 5.82 Å². The summed E-state index contributed by atoms with van der Waals surface area (Å²) in [6.45, 7) is 6.01. The van der Waals surface area contributed by atoms with Crippen LogP contribution in [0.2, 0.25) is 0 Å². The van der Waals surface area contributed by atoms with Gasteiger partial charge in [0.05, 0.1) is 6.61 Å². The van der Waals surface area contributed by atoms with Gasteiger partial charge >= 0.3 is 5.97 Å². The summed E-state index contributed by atoms with van der Waals surface area (Å²) in [6, 6.07) is 3.72. The van der Waals surface area contributed by atoms with E-state index in [0.29, 0.717) is 12.4 Å². The minimum Gasteiger partial charge on any atom is -0.460 e. The van der Waals surface area contributed by atoms with E-state index in [4.69, 9.17) is 4.74 Å². The van der Waals surface area contributed by atoms with E-state index in [1.807, 2.05) is 26.0 Å². The molecule has 0 unspecified atom stereocenters. The first-order valence-electron chi connectivity index (χ1n) is 6.17. The lowest BCUT2D eigenvalue weighted by molar-refractivity contribution is 0.0504. The Morgan fingerprint density at radius 1 is 1.32 bits per heavy atom. The van der Waals surface area contributed by atoms with Crippen LogP contribution in [-0.2, 0) is 4.74 Å². The van der Waals surface area contributed by atoms with Crippen LogP contribution in [0.3, 0.4) is 0 Å². The molecule has 6 heteroatoms.